The highest BCUT2D eigenvalue weighted by Crippen LogP contribution is 2.29. The number of rotatable bonds is 2. The highest BCUT2D eigenvalue weighted by atomic mass is 16.6. The number of hydrogen-bond donors (Lipinski definition) is 0. The Labute approximate surface area is 76.3 Å². The van der Waals surface area contributed by atoms with Crippen LogP contribution in [-0.2, 0) is 9.47 Å². The van der Waals surface area contributed by atoms with Gasteiger partial charge in [0.05, 0.1) is 19.3 Å². The maximum absolute atomic E-state index is 11.1. The van der Waals surface area contributed by atoms with E-state index in [1.165, 1.54) is 7.11 Å². The average Bonchev–Trinajstić information content (AvgIpc) is 3.00. The second-order valence-electron chi connectivity index (χ2n) is 2.94. The van der Waals surface area contributed by atoms with Crippen molar-refractivity contribution in [2.24, 2.45) is 0 Å². The fourth-order valence-corrected chi connectivity index (χ4v) is 1.19. The van der Waals surface area contributed by atoms with Crippen molar-refractivity contribution in [2.45, 2.75) is 6.10 Å². The van der Waals surface area contributed by atoms with E-state index in [1.807, 2.05) is 12.1 Å². The molecular formula is C10H10O3. The molecule has 1 aliphatic heterocycles. The van der Waals surface area contributed by atoms with Gasteiger partial charge in [-0.1, -0.05) is 12.1 Å². The molecule has 0 unspecified atom stereocenters. The summed E-state index contributed by atoms with van der Waals surface area (Å²) >= 11 is 0. The molecule has 0 spiro atoms. The van der Waals surface area contributed by atoms with Crippen LogP contribution in [0.2, 0.25) is 0 Å². The van der Waals surface area contributed by atoms with E-state index in [0.29, 0.717) is 5.56 Å². The van der Waals surface area contributed by atoms with Gasteiger partial charge in [0.25, 0.3) is 0 Å². The lowest BCUT2D eigenvalue weighted by molar-refractivity contribution is 0.0600. The highest BCUT2D eigenvalue weighted by Gasteiger charge is 2.24. The number of methoxy groups -OCH3 is 1. The third-order valence-corrected chi connectivity index (χ3v) is 2.04. The van der Waals surface area contributed by atoms with Crippen molar-refractivity contribution in [2.75, 3.05) is 13.7 Å². The van der Waals surface area contributed by atoms with Crippen molar-refractivity contribution in [3.63, 3.8) is 0 Å². The van der Waals surface area contributed by atoms with Gasteiger partial charge in [-0.05, 0) is 17.7 Å². The van der Waals surface area contributed by atoms with Gasteiger partial charge in [-0.25, -0.2) is 4.79 Å². The van der Waals surface area contributed by atoms with Crippen molar-refractivity contribution in [3.8, 4) is 0 Å². The minimum atomic E-state index is -0.303. The summed E-state index contributed by atoms with van der Waals surface area (Å²) in [5.41, 5.74) is 1.69. The number of carbonyl (C=O) groups is 1. The second-order valence-corrected chi connectivity index (χ2v) is 2.94. The van der Waals surface area contributed by atoms with Gasteiger partial charge >= 0.3 is 5.97 Å². The first-order valence-corrected chi connectivity index (χ1v) is 4.11. The fourth-order valence-electron chi connectivity index (χ4n) is 1.19. The van der Waals surface area contributed by atoms with Crippen molar-refractivity contribution in [1.82, 2.24) is 0 Å². The zero-order valence-corrected chi connectivity index (χ0v) is 7.32. The largest absolute Gasteiger partial charge is 0.465 e. The Morgan fingerprint density at radius 3 is 2.54 bits per heavy atom. The summed E-state index contributed by atoms with van der Waals surface area (Å²) in [4.78, 5) is 11.1. The molecule has 0 bridgehead atoms. The lowest BCUT2D eigenvalue weighted by Crippen LogP contribution is -2.00. The van der Waals surface area contributed by atoms with Gasteiger partial charge < -0.3 is 9.47 Å². The molecule has 2 rings (SSSR count). The van der Waals surface area contributed by atoms with Gasteiger partial charge in [-0.2, -0.15) is 0 Å². The number of hydrogen-bond acceptors (Lipinski definition) is 3. The normalized spacial score (nSPS) is 19.6. The van der Waals surface area contributed by atoms with Crippen LogP contribution >= 0.6 is 0 Å². The number of benzene rings is 1. The molecule has 1 atom stereocenters. The summed E-state index contributed by atoms with van der Waals surface area (Å²) in [6.07, 6.45) is 0.242. The first-order valence-electron chi connectivity index (χ1n) is 4.11. The van der Waals surface area contributed by atoms with Crippen molar-refractivity contribution in [3.05, 3.63) is 35.4 Å². The Kier molecular flexibility index (Phi) is 2.02. The first kappa shape index (κ1) is 8.26. The van der Waals surface area contributed by atoms with E-state index in [0.717, 1.165) is 12.2 Å². The molecule has 3 nitrogen and oxygen atoms in total. The van der Waals surface area contributed by atoms with E-state index in [-0.39, 0.29) is 12.1 Å². The summed E-state index contributed by atoms with van der Waals surface area (Å²) in [5, 5.41) is 0. The molecule has 0 aliphatic carbocycles. The molecule has 1 fully saturated rings. The minimum absolute atomic E-state index is 0.242. The third kappa shape index (κ3) is 1.70. The van der Waals surface area contributed by atoms with Crippen molar-refractivity contribution in [1.29, 1.82) is 0 Å². The maximum Gasteiger partial charge on any atom is 0.337 e. The molecule has 1 aromatic carbocycles. The van der Waals surface area contributed by atoms with Gasteiger partial charge in [0.2, 0.25) is 0 Å². The molecule has 1 heterocycles. The van der Waals surface area contributed by atoms with Crippen LogP contribution < -0.4 is 0 Å². The zero-order chi connectivity index (χ0) is 9.26. The van der Waals surface area contributed by atoms with Gasteiger partial charge in [0.1, 0.15) is 6.10 Å². The zero-order valence-electron chi connectivity index (χ0n) is 7.32. The maximum atomic E-state index is 11.1. The van der Waals surface area contributed by atoms with E-state index in [1.54, 1.807) is 12.1 Å². The summed E-state index contributed by atoms with van der Waals surface area (Å²) in [6.45, 7) is 0.789. The fraction of sp³-hybridized carbons (Fsp3) is 0.300. The number of ether oxygens (including phenoxy) is 2. The van der Waals surface area contributed by atoms with Crippen LogP contribution in [0, 0.1) is 0 Å². The molecule has 68 valence electrons. The standard InChI is InChI=1S/C10H10O3/c1-12-10(11)8-4-2-7(3-5-8)9-6-13-9/h2-5,9H,6H2,1H3/t9-/m1/s1. The van der Waals surface area contributed by atoms with Crippen LogP contribution in [0.15, 0.2) is 24.3 Å². The van der Waals surface area contributed by atoms with Gasteiger partial charge in [0, 0.05) is 0 Å². The predicted octanol–water partition coefficient (Wildman–Crippen LogP) is 1.54. The van der Waals surface area contributed by atoms with Crippen LogP contribution in [0.3, 0.4) is 0 Å². The van der Waals surface area contributed by atoms with Crippen molar-refractivity contribution < 1.29 is 14.3 Å². The monoisotopic (exact) mass is 178 g/mol. The molecule has 1 aromatic rings. The van der Waals surface area contributed by atoms with Crippen molar-refractivity contribution >= 4 is 5.97 Å². The van der Waals surface area contributed by atoms with E-state index < -0.39 is 0 Å². The van der Waals surface area contributed by atoms with E-state index in [4.69, 9.17) is 4.74 Å². The molecule has 0 aromatic heterocycles. The van der Waals surface area contributed by atoms with Gasteiger partial charge in [-0.15, -0.1) is 0 Å². The molecular weight excluding hydrogens is 168 g/mol. The van der Waals surface area contributed by atoms with Gasteiger partial charge in [0.15, 0.2) is 0 Å². The predicted molar refractivity (Wildman–Crippen MR) is 46.5 cm³/mol. The number of epoxide rings is 1. The molecule has 0 N–H and O–H groups in total. The quantitative estimate of drug-likeness (QED) is 0.509. The Bertz CT molecular complexity index is 311. The molecule has 13 heavy (non-hydrogen) atoms. The third-order valence-electron chi connectivity index (χ3n) is 2.04. The van der Waals surface area contributed by atoms with Crippen LogP contribution in [0.5, 0.6) is 0 Å². The highest BCUT2D eigenvalue weighted by molar-refractivity contribution is 5.89. The molecule has 3 heteroatoms. The Morgan fingerprint density at radius 1 is 1.46 bits per heavy atom. The first-order chi connectivity index (χ1) is 6.31. The lowest BCUT2D eigenvalue weighted by Gasteiger charge is -1.99. The van der Waals surface area contributed by atoms with E-state index >= 15 is 0 Å². The Morgan fingerprint density at radius 2 is 2.08 bits per heavy atom. The Hall–Kier alpha value is -1.35. The van der Waals surface area contributed by atoms with Gasteiger partial charge in [-0.3, -0.25) is 0 Å². The topological polar surface area (TPSA) is 38.8 Å². The van der Waals surface area contributed by atoms with E-state index in [9.17, 15) is 4.79 Å². The number of carbonyl (C=O) groups excluding carboxylic acids is 1. The summed E-state index contributed by atoms with van der Waals surface area (Å²) in [6, 6.07) is 7.29. The number of esters is 1. The molecule has 1 aliphatic rings. The summed E-state index contributed by atoms with van der Waals surface area (Å²) < 4.78 is 9.69. The van der Waals surface area contributed by atoms with Crippen LogP contribution in [0.1, 0.15) is 22.0 Å². The second kappa shape index (κ2) is 3.18. The smallest absolute Gasteiger partial charge is 0.337 e. The molecule has 0 radical (unpaired) electrons. The molecule has 0 amide bonds. The van der Waals surface area contributed by atoms with Crippen LogP contribution in [0.4, 0.5) is 0 Å². The minimum Gasteiger partial charge on any atom is -0.465 e. The average molecular weight is 178 g/mol. The SMILES string of the molecule is COC(=O)c1ccc([C@H]2CO2)cc1. The summed E-state index contributed by atoms with van der Waals surface area (Å²) in [5.74, 6) is -0.303. The van der Waals surface area contributed by atoms with Crippen LogP contribution in [0.25, 0.3) is 0 Å². The molecule has 0 saturated carbocycles. The Balaban J connectivity index is 2.17. The van der Waals surface area contributed by atoms with Crippen LogP contribution in [-0.4, -0.2) is 19.7 Å². The summed E-state index contributed by atoms with van der Waals surface area (Å²) in [7, 11) is 1.38. The molecule has 1 saturated heterocycles. The lowest BCUT2D eigenvalue weighted by atomic mass is 10.1. The van der Waals surface area contributed by atoms with E-state index in [2.05, 4.69) is 4.74 Å².